The first-order valence-corrected chi connectivity index (χ1v) is 5.08. The molecule has 0 amide bonds. The van der Waals surface area contributed by atoms with E-state index in [1.807, 2.05) is 0 Å². The molecule has 6 N–H and O–H groups in total. The molecular weight excluding hydrogens is 222 g/mol. The van der Waals surface area contributed by atoms with E-state index >= 15 is 0 Å². The molecule has 0 aliphatic carbocycles. The molecule has 2 unspecified atom stereocenters. The molecule has 1 aromatic rings. The first kappa shape index (κ1) is 13.1. The predicted molar refractivity (Wildman–Crippen MR) is 64.9 cm³/mol. The van der Waals surface area contributed by atoms with Gasteiger partial charge in [-0.2, -0.15) is 0 Å². The van der Waals surface area contributed by atoms with E-state index in [1.54, 1.807) is 18.2 Å². The van der Waals surface area contributed by atoms with E-state index in [-0.39, 0.29) is 18.7 Å². The molecule has 0 aromatic heterocycles. The molecule has 0 aliphatic rings. The Labute approximate surface area is 98.3 Å². The number of aliphatic hydroxyl groups excluding tert-OH is 2. The number of rotatable bonds is 5. The number of nitrogens with zero attached hydrogens (tertiary/aromatic N) is 3. The first-order chi connectivity index (χ1) is 8.07. The molecule has 1 aromatic carbocycles. The van der Waals surface area contributed by atoms with Crippen molar-refractivity contribution in [2.75, 3.05) is 18.0 Å². The summed E-state index contributed by atoms with van der Waals surface area (Å²) in [6.07, 6.45) is -2.04. The fraction of sp³-hybridized carbons (Fsp3) is 0.400. The summed E-state index contributed by atoms with van der Waals surface area (Å²) < 4.78 is 0. The summed E-state index contributed by atoms with van der Waals surface area (Å²) in [5.74, 6) is 0. The Balaban J connectivity index is 2.77. The van der Waals surface area contributed by atoms with Gasteiger partial charge in [0, 0.05) is 17.0 Å². The number of hydrogen-bond acceptors (Lipinski definition) is 5. The SMILES string of the molecule is [N-]=[N+]=NCCC(O)C(O)c1cccc(N)c1N. The predicted octanol–water partition coefficient (Wildman–Crippen LogP) is 0.946. The summed E-state index contributed by atoms with van der Waals surface area (Å²) in [5, 5.41) is 22.8. The number of aliphatic hydroxyl groups is 2. The van der Waals surface area contributed by atoms with Gasteiger partial charge in [-0.3, -0.25) is 0 Å². The molecule has 7 heteroatoms. The number of nitrogens with two attached hydrogens (primary N) is 2. The second-order valence-electron chi connectivity index (χ2n) is 3.61. The van der Waals surface area contributed by atoms with Gasteiger partial charge in [0.05, 0.1) is 17.5 Å². The van der Waals surface area contributed by atoms with Gasteiger partial charge in [-0.25, -0.2) is 0 Å². The second kappa shape index (κ2) is 5.95. The van der Waals surface area contributed by atoms with Crippen LogP contribution in [0.3, 0.4) is 0 Å². The molecule has 92 valence electrons. The number of para-hydroxylation sites is 1. The van der Waals surface area contributed by atoms with E-state index in [2.05, 4.69) is 10.0 Å². The number of hydrogen-bond donors (Lipinski definition) is 4. The van der Waals surface area contributed by atoms with Crippen molar-refractivity contribution in [1.29, 1.82) is 0 Å². The average Bonchev–Trinajstić information content (AvgIpc) is 2.32. The molecule has 0 heterocycles. The smallest absolute Gasteiger partial charge is 0.107 e. The van der Waals surface area contributed by atoms with Crippen LogP contribution >= 0.6 is 0 Å². The first-order valence-electron chi connectivity index (χ1n) is 5.08. The van der Waals surface area contributed by atoms with E-state index < -0.39 is 12.2 Å². The van der Waals surface area contributed by atoms with Gasteiger partial charge in [0.2, 0.25) is 0 Å². The Hall–Kier alpha value is -1.95. The summed E-state index contributed by atoms with van der Waals surface area (Å²) in [5.41, 5.74) is 20.4. The van der Waals surface area contributed by atoms with Crippen LogP contribution in [0, 0.1) is 0 Å². The van der Waals surface area contributed by atoms with Crippen LogP contribution < -0.4 is 11.5 Å². The number of anilines is 2. The van der Waals surface area contributed by atoms with Crippen molar-refractivity contribution < 1.29 is 10.2 Å². The van der Waals surface area contributed by atoms with E-state index in [1.165, 1.54) is 0 Å². The van der Waals surface area contributed by atoms with Crippen molar-refractivity contribution >= 4 is 11.4 Å². The van der Waals surface area contributed by atoms with Crippen molar-refractivity contribution in [3.63, 3.8) is 0 Å². The summed E-state index contributed by atoms with van der Waals surface area (Å²) in [4.78, 5) is 2.56. The molecular formula is C10H15N5O2. The molecule has 0 spiro atoms. The van der Waals surface area contributed by atoms with E-state index in [9.17, 15) is 10.2 Å². The lowest BCUT2D eigenvalue weighted by molar-refractivity contribution is 0.0155. The number of benzene rings is 1. The molecule has 1 rings (SSSR count). The van der Waals surface area contributed by atoms with Crippen LogP contribution in [0.5, 0.6) is 0 Å². The maximum Gasteiger partial charge on any atom is 0.107 e. The fourth-order valence-electron chi connectivity index (χ4n) is 1.46. The van der Waals surface area contributed by atoms with Crippen LogP contribution in [0.15, 0.2) is 23.3 Å². The minimum absolute atomic E-state index is 0.108. The zero-order valence-electron chi connectivity index (χ0n) is 9.19. The minimum Gasteiger partial charge on any atom is -0.397 e. The highest BCUT2D eigenvalue weighted by molar-refractivity contribution is 5.67. The van der Waals surface area contributed by atoms with Gasteiger partial charge in [0.1, 0.15) is 6.10 Å². The Morgan fingerprint density at radius 3 is 2.71 bits per heavy atom. The highest BCUT2D eigenvalue weighted by atomic mass is 16.3. The van der Waals surface area contributed by atoms with E-state index in [4.69, 9.17) is 17.0 Å². The van der Waals surface area contributed by atoms with Gasteiger partial charge in [0.25, 0.3) is 0 Å². The van der Waals surface area contributed by atoms with Gasteiger partial charge in [-0.15, -0.1) is 0 Å². The quantitative estimate of drug-likeness (QED) is 0.261. The van der Waals surface area contributed by atoms with Gasteiger partial charge >= 0.3 is 0 Å². The van der Waals surface area contributed by atoms with Crippen LogP contribution in [0.25, 0.3) is 10.4 Å². The Morgan fingerprint density at radius 2 is 2.06 bits per heavy atom. The van der Waals surface area contributed by atoms with Gasteiger partial charge in [0.15, 0.2) is 0 Å². The molecule has 0 saturated carbocycles. The molecule has 2 atom stereocenters. The maximum atomic E-state index is 9.87. The van der Waals surface area contributed by atoms with E-state index in [0.29, 0.717) is 11.3 Å². The largest absolute Gasteiger partial charge is 0.397 e. The third-order valence-electron chi connectivity index (χ3n) is 2.44. The monoisotopic (exact) mass is 237 g/mol. The van der Waals surface area contributed by atoms with Crippen LogP contribution in [0.4, 0.5) is 11.4 Å². The van der Waals surface area contributed by atoms with E-state index in [0.717, 1.165) is 0 Å². The highest BCUT2D eigenvalue weighted by Crippen LogP contribution is 2.28. The fourth-order valence-corrected chi connectivity index (χ4v) is 1.46. The summed E-state index contributed by atoms with van der Waals surface area (Å²) in [6.45, 7) is 0.108. The Kier molecular flexibility index (Phi) is 4.59. The Morgan fingerprint density at radius 1 is 1.35 bits per heavy atom. The van der Waals surface area contributed by atoms with Crippen LogP contribution in [0.1, 0.15) is 18.1 Å². The number of nitrogen functional groups attached to an aromatic ring is 2. The molecule has 7 nitrogen and oxygen atoms in total. The lowest BCUT2D eigenvalue weighted by atomic mass is 10.00. The highest BCUT2D eigenvalue weighted by Gasteiger charge is 2.20. The minimum atomic E-state index is -1.15. The van der Waals surface area contributed by atoms with Crippen molar-refractivity contribution in [2.45, 2.75) is 18.6 Å². The second-order valence-corrected chi connectivity index (χ2v) is 3.61. The third-order valence-corrected chi connectivity index (χ3v) is 2.44. The zero-order valence-corrected chi connectivity index (χ0v) is 9.19. The van der Waals surface area contributed by atoms with Crippen LogP contribution in [-0.4, -0.2) is 22.9 Å². The van der Waals surface area contributed by atoms with Gasteiger partial charge in [-0.05, 0) is 18.0 Å². The lowest BCUT2D eigenvalue weighted by Crippen LogP contribution is -2.20. The lowest BCUT2D eigenvalue weighted by Gasteiger charge is -2.19. The summed E-state index contributed by atoms with van der Waals surface area (Å²) in [7, 11) is 0. The summed E-state index contributed by atoms with van der Waals surface area (Å²) in [6, 6.07) is 4.84. The normalized spacial score (nSPS) is 13.8. The molecule has 0 radical (unpaired) electrons. The third kappa shape index (κ3) is 3.25. The maximum absolute atomic E-state index is 9.87. The molecule has 0 saturated heterocycles. The van der Waals surface area contributed by atoms with Crippen molar-refractivity contribution in [3.05, 3.63) is 34.2 Å². The van der Waals surface area contributed by atoms with Gasteiger partial charge < -0.3 is 21.7 Å². The zero-order chi connectivity index (χ0) is 12.8. The molecule has 0 bridgehead atoms. The Bertz CT molecular complexity index is 431. The standard InChI is InChI=1S/C10H15N5O2/c11-7-3-1-2-6(9(7)12)10(17)8(16)4-5-14-15-13/h1-3,8,10,16-17H,4-5,11-12H2. The number of azide groups is 1. The van der Waals surface area contributed by atoms with Crippen LogP contribution in [0.2, 0.25) is 0 Å². The summed E-state index contributed by atoms with van der Waals surface area (Å²) >= 11 is 0. The van der Waals surface area contributed by atoms with Gasteiger partial charge in [-0.1, -0.05) is 17.2 Å². The molecule has 0 aliphatic heterocycles. The van der Waals surface area contributed by atoms with Crippen molar-refractivity contribution in [3.8, 4) is 0 Å². The average molecular weight is 237 g/mol. The van der Waals surface area contributed by atoms with Crippen LogP contribution in [-0.2, 0) is 0 Å². The van der Waals surface area contributed by atoms with Crippen molar-refractivity contribution in [1.82, 2.24) is 0 Å². The van der Waals surface area contributed by atoms with Crippen molar-refractivity contribution in [2.24, 2.45) is 5.11 Å². The topological polar surface area (TPSA) is 141 Å². The molecule has 0 fully saturated rings. The molecule has 17 heavy (non-hydrogen) atoms.